The molecule has 0 saturated heterocycles. The van der Waals surface area contributed by atoms with E-state index >= 15 is 0 Å². The second-order valence-corrected chi connectivity index (χ2v) is 8.83. The molecular weight excluding hydrogens is 448 g/mol. The predicted molar refractivity (Wildman–Crippen MR) is 132 cm³/mol. The number of hydrogen-bond donors (Lipinski definition) is 3. The molecule has 3 rings (SSSR count). The van der Waals surface area contributed by atoms with Gasteiger partial charge in [-0.25, -0.2) is 4.79 Å². The quantitative estimate of drug-likeness (QED) is 0.399. The maximum Gasteiger partial charge on any atom is 0.407 e. The SMILES string of the molecule is CCOC(CNC(=O)CCC(C)CNC(=O)OCC1c2ccccc2-c2ccccc21)CC(=O)O. The molecule has 2 atom stereocenters. The average Bonchev–Trinajstić information content (AvgIpc) is 3.17. The third kappa shape index (κ3) is 7.55. The molecule has 0 aromatic heterocycles. The van der Waals surface area contributed by atoms with Crippen LogP contribution in [0.2, 0.25) is 0 Å². The van der Waals surface area contributed by atoms with Gasteiger partial charge >= 0.3 is 12.1 Å². The molecule has 8 heteroatoms. The Kier molecular flexibility index (Phi) is 9.66. The summed E-state index contributed by atoms with van der Waals surface area (Å²) < 4.78 is 10.9. The van der Waals surface area contributed by atoms with Gasteiger partial charge in [0.25, 0.3) is 0 Å². The van der Waals surface area contributed by atoms with Crippen LogP contribution in [-0.4, -0.2) is 55.5 Å². The van der Waals surface area contributed by atoms with E-state index in [4.69, 9.17) is 14.6 Å². The van der Waals surface area contributed by atoms with Crippen molar-refractivity contribution in [1.29, 1.82) is 0 Å². The maximum absolute atomic E-state index is 12.3. The first-order chi connectivity index (χ1) is 16.9. The Labute approximate surface area is 206 Å². The number of carboxylic acids is 1. The van der Waals surface area contributed by atoms with Gasteiger partial charge < -0.3 is 25.2 Å². The third-order valence-corrected chi connectivity index (χ3v) is 6.13. The normalized spacial score (nSPS) is 13.9. The highest BCUT2D eigenvalue weighted by atomic mass is 16.5. The van der Waals surface area contributed by atoms with E-state index in [1.54, 1.807) is 6.92 Å². The van der Waals surface area contributed by atoms with E-state index in [1.165, 1.54) is 11.1 Å². The standard InChI is InChI=1S/C27H34N2O6/c1-3-34-19(14-26(31)32)16-28-25(30)13-12-18(2)15-29-27(33)35-17-24-22-10-6-4-8-20(22)21-9-5-7-11-23(21)24/h4-11,18-19,24H,3,12-17H2,1-2H3,(H,28,30)(H,29,33)(H,31,32). The summed E-state index contributed by atoms with van der Waals surface area (Å²) >= 11 is 0. The Hall–Kier alpha value is -3.39. The molecule has 0 aliphatic heterocycles. The maximum atomic E-state index is 12.3. The van der Waals surface area contributed by atoms with Gasteiger partial charge in [-0.2, -0.15) is 0 Å². The molecule has 0 saturated carbocycles. The lowest BCUT2D eigenvalue weighted by Gasteiger charge is -2.17. The summed E-state index contributed by atoms with van der Waals surface area (Å²) in [4.78, 5) is 35.3. The number of hydrogen-bond acceptors (Lipinski definition) is 5. The highest BCUT2D eigenvalue weighted by Crippen LogP contribution is 2.44. The van der Waals surface area contributed by atoms with Crippen LogP contribution in [0.15, 0.2) is 48.5 Å². The fraction of sp³-hybridized carbons (Fsp3) is 0.444. The number of rotatable bonds is 13. The zero-order valence-electron chi connectivity index (χ0n) is 20.3. The minimum absolute atomic E-state index is 0.0101. The van der Waals surface area contributed by atoms with E-state index in [0.29, 0.717) is 19.6 Å². The predicted octanol–water partition coefficient (Wildman–Crippen LogP) is 3.94. The number of carboxylic acid groups (broad SMARTS) is 1. The Bertz CT molecular complexity index is 979. The number of carbonyl (C=O) groups excluding carboxylic acids is 2. The van der Waals surface area contributed by atoms with Gasteiger partial charge in [0, 0.05) is 32.0 Å². The lowest BCUT2D eigenvalue weighted by molar-refractivity contribution is -0.140. The van der Waals surface area contributed by atoms with Crippen molar-refractivity contribution in [3.05, 3.63) is 59.7 Å². The topological polar surface area (TPSA) is 114 Å². The Morgan fingerprint density at radius 2 is 1.60 bits per heavy atom. The van der Waals surface area contributed by atoms with Gasteiger partial charge in [0.1, 0.15) is 6.61 Å². The van der Waals surface area contributed by atoms with Gasteiger partial charge in [0.15, 0.2) is 0 Å². The summed E-state index contributed by atoms with van der Waals surface area (Å²) in [6.07, 6.45) is -0.327. The summed E-state index contributed by atoms with van der Waals surface area (Å²) in [6, 6.07) is 16.4. The van der Waals surface area contributed by atoms with Crippen molar-refractivity contribution in [1.82, 2.24) is 10.6 Å². The largest absolute Gasteiger partial charge is 0.481 e. The van der Waals surface area contributed by atoms with E-state index in [0.717, 1.165) is 11.1 Å². The van der Waals surface area contributed by atoms with Crippen LogP contribution in [0.1, 0.15) is 50.2 Å². The van der Waals surface area contributed by atoms with Gasteiger partial charge in [-0.15, -0.1) is 0 Å². The van der Waals surface area contributed by atoms with E-state index < -0.39 is 18.2 Å². The van der Waals surface area contributed by atoms with Crippen LogP contribution >= 0.6 is 0 Å². The molecule has 1 aliphatic carbocycles. The van der Waals surface area contributed by atoms with Crippen molar-refractivity contribution in [2.24, 2.45) is 5.92 Å². The van der Waals surface area contributed by atoms with Crippen LogP contribution in [0, 0.1) is 5.92 Å². The molecular formula is C27H34N2O6. The average molecular weight is 483 g/mol. The van der Waals surface area contributed by atoms with Crippen LogP contribution in [0.25, 0.3) is 11.1 Å². The van der Waals surface area contributed by atoms with Crippen LogP contribution < -0.4 is 10.6 Å². The van der Waals surface area contributed by atoms with E-state index in [-0.39, 0.29) is 43.7 Å². The van der Waals surface area contributed by atoms with E-state index in [9.17, 15) is 14.4 Å². The molecule has 0 fully saturated rings. The second kappa shape index (κ2) is 12.9. The minimum atomic E-state index is -0.967. The van der Waals surface area contributed by atoms with Gasteiger partial charge in [-0.05, 0) is 41.5 Å². The van der Waals surface area contributed by atoms with Crippen molar-refractivity contribution in [3.63, 3.8) is 0 Å². The lowest BCUT2D eigenvalue weighted by Crippen LogP contribution is -2.35. The molecule has 2 aromatic carbocycles. The van der Waals surface area contributed by atoms with Crippen LogP contribution in [0.4, 0.5) is 4.79 Å². The third-order valence-electron chi connectivity index (χ3n) is 6.13. The monoisotopic (exact) mass is 482 g/mol. The molecule has 0 spiro atoms. The molecule has 0 radical (unpaired) electrons. The number of fused-ring (bicyclic) bond motifs is 3. The molecule has 0 bridgehead atoms. The minimum Gasteiger partial charge on any atom is -0.481 e. The smallest absolute Gasteiger partial charge is 0.407 e. The van der Waals surface area contributed by atoms with Crippen molar-refractivity contribution in [3.8, 4) is 11.1 Å². The Balaban J connectivity index is 1.37. The van der Waals surface area contributed by atoms with Crippen LogP contribution in [0.5, 0.6) is 0 Å². The van der Waals surface area contributed by atoms with Gasteiger partial charge in [-0.3, -0.25) is 9.59 Å². The fourth-order valence-electron chi connectivity index (χ4n) is 4.32. The molecule has 8 nitrogen and oxygen atoms in total. The summed E-state index contributed by atoms with van der Waals surface area (Å²) in [5.41, 5.74) is 4.69. The first kappa shape index (κ1) is 26.2. The molecule has 3 N–H and O–H groups in total. The Morgan fingerprint density at radius 1 is 0.971 bits per heavy atom. The van der Waals surface area contributed by atoms with Crippen molar-refractivity contribution < 1.29 is 29.0 Å². The fourth-order valence-corrected chi connectivity index (χ4v) is 4.32. The van der Waals surface area contributed by atoms with Gasteiger partial charge in [0.05, 0.1) is 12.5 Å². The molecule has 2 aromatic rings. The van der Waals surface area contributed by atoms with Crippen LogP contribution in [-0.2, 0) is 19.1 Å². The number of carbonyl (C=O) groups is 3. The van der Waals surface area contributed by atoms with Crippen molar-refractivity contribution >= 4 is 18.0 Å². The summed E-state index contributed by atoms with van der Waals surface area (Å²) in [5.74, 6) is -1.06. The zero-order valence-corrected chi connectivity index (χ0v) is 20.3. The first-order valence-corrected chi connectivity index (χ1v) is 12.1. The molecule has 188 valence electrons. The highest BCUT2D eigenvalue weighted by Gasteiger charge is 2.29. The number of benzene rings is 2. The van der Waals surface area contributed by atoms with E-state index in [2.05, 4.69) is 34.9 Å². The summed E-state index contributed by atoms with van der Waals surface area (Å²) in [6.45, 7) is 4.92. The molecule has 2 unspecified atom stereocenters. The highest BCUT2D eigenvalue weighted by molar-refractivity contribution is 5.79. The molecule has 2 amide bonds. The number of amides is 2. The van der Waals surface area contributed by atoms with Gasteiger partial charge in [0.2, 0.25) is 5.91 Å². The summed E-state index contributed by atoms with van der Waals surface area (Å²) in [7, 11) is 0. The molecule has 35 heavy (non-hydrogen) atoms. The summed E-state index contributed by atoms with van der Waals surface area (Å²) in [5, 5.41) is 14.4. The van der Waals surface area contributed by atoms with E-state index in [1.807, 2.05) is 31.2 Å². The first-order valence-electron chi connectivity index (χ1n) is 12.1. The van der Waals surface area contributed by atoms with Gasteiger partial charge in [-0.1, -0.05) is 55.5 Å². The molecule has 0 heterocycles. The molecule has 1 aliphatic rings. The number of aliphatic carboxylic acids is 1. The second-order valence-electron chi connectivity index (χ2n) is 8.83. The number of ether oxygens (including phenoxy) is 2. The zero-order chi connectivity index (χ0) is 25.2. The number of nitrogens with one attached hydrogen (secondary N) is 2. The number of alkyl carbamates (subject to hydrolysis) is 1. The van der Waals surface area contributed by atoms with Crippen LogP contribution in [0.3, 0.4) is 0 Å². The van der Waals surface area contributed by atoms with Crippen molar-refractivity contribution in [2.75, 3.05) is 26.3 Å². The Morgan fingerprint density at radius 3 is 2.20 bits per heavy atom. The van der Waals surface area contributed by atoms with Crippen molar-refractivity contribution in [2.45, 2.75) is 45.1 Å². The lowest BCUT2D eigenvalue weighted by atomic mass is 9.98.